The number of carbonyl (C=O) groups is 1. The van der Waals surface area contributed by atoms with Gasteiger partial charge in [-0.2, -0.15) is 8.78 Å². The minimum atomic E-state index is -2.98. The number of benzene rings is 2. The molecule has 3 aromatic rings. The lowest BCUT2D eigenvalue weighted by molar-refractivity contribution is -0.0507. The van der Waals surface area contributed by atoms with Gasteiger partial charge < -0.3 is 19.5 Å². The summed E-state index contributed by atoms with van der Waals surface area (Å²) in [5.74, 6) is 7.20. The molecule has 8 heteroatoms. The van der Waals surface area contributed by atoms with Crippen molar-refractivity contribution in [1.82, 2.24) is 19.8 Å². The molecule has 3 aliphatic heterocycles. The van der Waals surface area contributed by atoms with E-state index in [1.54, 1.807) is 24.1 Å². The van der Waals surface area contributed by atoms with Gasteiger partial charge >= 0.3 is 6.61 Å². The quantitative estimate of drug-likeness (QED) is 0.579. The Balaban J connectivity index is 1.49. The van der Waals surface area contributed by atoms with Gasteiger partial charge in [0.2, 0.25) is 0 Å². The largest absolute Gasteiger partial charge is 0.434 e. The number of aromatic nitrogens is 2. The number of carbonyl (C=O) groups excluding carboxylic acids is 1. The molecular formula is C26H24F2N4O2. The molecule has 2 unspecified atom stereocenters. The fourth-order valence-corrected chi connectivity index (χ4v) is 5.50. The molecule has 0 spiro atoms. The van der Waals surface area contributed by atoms with E-state index < -0.39 is 6.61 Å². The maximum atomic E-state index is 13.2. The van der Waals surface area contributed by atoms with Crippen LogP contribution >= 0.6 is 0 Å². The van der Waals surface area contributed by atoms with Crippen molar-refractivity contribution < 1.29 is 18.3 Å². The van der Waals surface area contributed by atoms with Crippen molar-refractivity contribution >= 4 is 16.9 Å². The van der Waals surface area contributed by atoms with Gasteiger partial charge in [-0.25, -0.2) is 4.98 Å². The molecule has 2 aromatic carbocycles. The Morgan fingerprint density at radius 2 is 2.09 bits per heavy atom. The van der Waals surface area contributed by atoms with Gasteiger partial charge in [-0.1, -0.05) is 17.9 Å². The lowest BCUT2D eigenvalue weighted by Gasteiger charge is -2.24. The molecule has 1 aromatic heterocycles. The number of rotatable bonds is 2. The molecule has 4 heterocycles. The Kier molecular flexibility index (Phi) is 5.03. The van der Waals surface area contributed by atoms with Crippen LogP contribution in [-0.4, -0.2) is 46.6 Å². The van der Waals surface area contributed by atoms with E-state index in [9.17, 15) is 13.6 Å². The summed E-state index contributed by atoms with van der Waals surface area (Å²) < 4.78 is 33.4. The standard InChI is InChI=1S/C26H24F2N4O2/c1-31-21-14-20(23-17(25(31)33)6-4-7-22(23)34-26(27)28)32-19-13-15(9-11-18(19)30-24(21)32)8-10-16-5-2-3-12-29-16/h4,6-7,9,11,13,16,20-21,26,29H,2-3,5,12,14H2,1H3/t16?,20-,21?/m1/s1. The summed E-state index contributed by atoms with van der Waals surface area (Å²) in [4.78, 5) is 19.7. The number of hydrogen-bond donors (Lipinski definition) is 1. The molecule has 0 radical (unpaired) electrons. The minimum Gasteiger partial charge on any atom is -0.434 e. The summed E-state index contributed by atoms with van der Waals surface area (Å²) in [5, 5.41) is 3.44. The van der Waals surface area contributed by atoms with E-state index in [1.807, 2.05) is 18.2 Å². The first-order valence-corrected chi connectivity index (χ1v) is 11.6. The summed E-state index contributed by atoms with van der Waals surface area (Å²) >= 11 is 0. The van der Waals surface area contributed by atoms with Crippen LogP contribution in [0.5, 0.6) is 5.75 Å². The van der Waals surface area contributed by atoms with E-state index in [0.717, 1.165) is 35.4 Å². The van der Waals surface area contributed by atoms with Gasteiger partial charge in [-0.15, -0.1) is 0 Å². The summed E-state index contributed by atoms with van der Waals surface area (Å²) in [6.45, 7) is -1.99. The minimum absolute atomic E-state index is 0.0360. The van der Waals surface area contributed by atoms with Crippen LogP contribution in [0, 0.1) is 11.8 Å². The van der Waals surface area contributed by atoms with E-state index in [2.05, 4.69) is 21.7 Å². The number of imidazole rings is 1. The van der Waals surface area contributed by atoms with Crippen LogP contribution < -0.4 is 10.1 Å². The summed E-state index contributed by atoms with van der Waals surface area (Å²) in [6.07, 6.45) is 3.97. The first-order valence-electron chi connectivity index (χ1n) is 11.6. The SMILES string of the molecule is CN1C(=O)c2cccc(OC(F)F)c2[C@H]2CC1c1nc3ccc(C#CC4CCCCN4)cc3n12. The van der Waals surface area contributed by atoms with Gasteiger partial charge in [0.1, 0.15) is 11.6 Å². The monoisotopic (exact) mass is 462 g/mol. The smallest absolute Gasteiger partial charge is 0.387 e. The number of alkyl halides is 2. The second-order valence-electron chi connectivity index (χ2n) is 9.09. The summed E-state index contributed by atoms with van der Waals surface area (Å²) in [6, 6.07) is 10.3. The van der Waals surface area contributed by atoms with Crippen molar-refractivity contribution in [1.29, 1.82) is 0 Å². The van der Waals surface area contributed by atoms with Crippen LogP contribution in [0.25, 0.3) is 11.0 Å². The average Bonchev–Trinajstić information content (AvgIpc) is 3.36. The van der Waals surface area contributed by atoms with Crippen molar-refractivity contribution in [2.45, 2.75) is 50.4 Å². The van der Waals surface area contributed by atoms with E-state index in [0.29, 0.717) is 17.5 Å². The summed E-state index contributed by atoms with van der Waals surface area (Å²) in [7, 11) is 1.74. The molecule has 2 bridgehead atoms. The molecule has 174 valence electrons. The molecule has 3 aliphatic rings. The molecule has 3 atom stereocenters. The summed E-state index contributed by atoms with van der Waals surface area (Å²) in [5.41, 5.74) is 3.43. The number of halogens is 2. The predicted octanol–water partition coefficient (Wildman–Crippen LogP) is 4.25. The number of amides is 1. The maximum absolute atomic E-state index is 13.2. The first-order chi connectivity index (χ1) is 16.5. The Morgan fingerprint density at radius 1 is 1.21 bits per heavy atom. The van der Waals surface area contributed by atoms with Gasteiger partial charge in [0.05, 0.1) is 29.2 Å². The van der Waals surface area contributed by atoms with Crippen LogP contribution in [0.1, 0.15) is 65.1 Å². The van der Waals surface area contributed by atoms with Gasteiger partial charge in [-0.05, 0) is 56.1 Å². The first kappa shape index (κ1) is 21.1. The molecule has 1 fully saturated rings. The van der Waals surface area contributed by atoms with Gasteiger partial charge in [0.15, 0.2) is 0 Å². The van der Waals surface area contributed by atoms with Gasteiger partial charge in [-0.3, -0.25) is 4.79 Å². The molecule has 0 aliphatic carbocycles. The highest BCUT2D eigenvalue weighted by Gasteiger charge is 2.45. The Morgan fingerprint density at radius 3 is 2.88 bits per heavy atom. The van der Waals surface area contributed by atoms with Crippen molar-refractivity contribution in [3.63, 3.8) is 0 Å². The van der Waals surface area contributed by atoms with E-state index in [4.69, 9.17) is 9.72 Å². The zero-order chi connectivity index (χ0) is 23.4. The molecule has 0 saturated carbocycles. The third kappa shape index (κ3) is 3.34. The fourth-order valence-electron chi connectivity index (χ4n) is 5.50. The zero-order valence-corrected chi connectivity index (χ0v) is 18.7. The van der Waals surface area contributed by atoms with Gasteiger partial charge in [0.25, 0.3) is 5.91 Å². The Labute approximate surface area is 195 Å². The van der Waals surface area contributed by atoms with Gasteiger partial charge in [0, 0.05) is 30.2 Å². The number of piperidine rings is 1. The number of nitrogens with one attached hydrogen (secondary N) is 1. The third-order valence-electron chi connectivity index (χ3n) is 7.11. The molecule has 1 N–H and O–H groups in total. The van der Waals surface area contributed by atoms with Crippen LogP contribution in [0.2, 0.25) is 0 Å². The van der Waals surface area contributed by atoms with Crippen molar-refractivity contribution in [2.24, 2.45) is 0 Å². The second-order valence-corrected chi connectivity index (χ2v) is 9.09. The number of ether oxygens (including phenoxy) is 1. The highest BCUT2D eigenvalue weighted by Crippen LogP contribution is 2.49. The van der Waals surface area contributed by atoms with Crippen LogP contribution in [0.15, 0.2) is 36.4 Å². The van der Waals surface area contributed by atoms with Crippen LogP contribution in [0.4, 0.5) is 8.78 Å². The second kappa shape index (κ2) is 8.10. The Bertz CT molecular complexity index is 1350. The topological polar surface area (TPSA) is 59.4 Å². The van der Waals surface area contributed by atoms with E-state index in [1.165, 1.54) is 18.9 Å². The third-order valence-corrected chi connectivity index (χ3v) is 7.11. The number of fused-ring (bicyclic) bond motifs is 9. The highest BCUT2D eigenvalue weighted by atomic mass is 19.3. The molecule has 6 nitrogen and oxygen atoms in total. The van der Waals surface area contributed by atoms with E-state index in [-0.39, 0.29) is 29.8 Å². The molecular weight excluding hydrogens is 438 g/mol. The van der Waals surface area contributed by atoms with Crippen molar-refractivity contribution in [3.8, 4) is 17.6 Å². The molecule has 1 saturated heterocycles. The van der Waals surface area contributed by atoms with E-state index >= 15 is 0 Å². The van der Waals surface area contributed by atoms with Crippen molar-refractivity contribution in [2.75, 3.05) is 13.6 Å². The number of hydrogen-bond acceptors (Lipinski definition) is 4. The number of nitrogens with zero attached hydrogens (tertiary/aromatic N) is 3. The zero-order valence-electron chi connectivity index (χ0n) is 18.7. The van der Waals surface area contributed by atoms with Crippen molar-refractivity contribution in [3.05, 3.63) is 58.9 Å². The molecule has 34 heavy (non-hydrogen) atoms. The highest BCUT2D eigenvalue weighted by molar-refractivity contribution is 5.97. The van der Waals surface area contributed by atoms with Crippen LogP contribution in [-0.2, 0) is 0 Å². The maximum Gasteiger partial charge on any atom is 0.387 e. The van der Waals surface area contributed by atoms with Crippen LogP contribution in [0.3, 0.4) is 0 Å². The molecule has 6 rings (SSSR count). The Hall–Kier alpha value is -3.44. The molecule has 1 amide bonds. The average molecular weight is 463 g/mol. The fraction of sp³-hybridized carbons (Fsp3) is 0.385. The normalized spacial score (nSPS) is 23.4. The lowest BCUT2D eigenvalue weighted by atomic mass is 9.97. The lowest BCUT2D eigenvalue weighted by Crippen LogP contribution is -2.32. The predicted molar refractivity (Wildman–Crippen MR) is 123 cm³/mol.